The van der Waals surface area contributed by atoms with Gasteiger partial charge in [0, 0.05) is 81.7 Å². The maximum Gasteiger partial charge on any atom is 0.375 e. The summed E-state index contributed by atoms with van der Waals surface area (Å²) in [5, 5.41) is 56.6. The molecule has 4 aliphatic carbocycles. The lowest BCUT2D eigenvalue weighted by Crippen LogP contribution is -2.70. The molecule has 0 unspecified atom stereocenters. The number of aliphatic hydroxyl groups excluding tert-OH is 3. The van der Waals surface area contributed by atoms with Gasteiger partial charge in [-0.3, -0.25) is 9.59 Å². The van der Waals surface area contributed by atoms with Gasteiger partial charge in [0.1, 0.15) is 30.1 Å². The Balaban J connectivity index is 0.000000164. The number of alkyl halides is 3. The van der Waals surface area contributed by atoms with E-state index in [-0.39, 0.29) is 48.4 Å². The number of furan rings is 1. The first-order valence-electron chi connectivity index (χ1n) is 35.2. The summed E-state index contributed by atoms with van der Waals surface area (Å²) in [4.78, 5) is 38.7. The van der Waals surface area contributed by atoms with Crippen LogP contribution in [0.5, 0.6) is 5.75 Å². The Morgan fingerprint density at radius 3 is 2.06 bits per heavy atom. The first kappa shape index (κ1) is 77.4. The number of carbonyl (C=O) groups excluding carboxylic acids is 3. The van der Waals surface area contributed by atoms with E-state index in [1.807, 2.05) is 24.3 Å². The standard InChI is InChI=1S/C29H34NO2.C27H29F3O6S.C24H33Cl2NO5/c31-29(26-12-6-2-7-13-26,27-14-8-3-9-15-27)28-16-19-30(20-17-28,21-18-28)22-23-32-24-25-10-4-1-5-11-25;1-14-9-16-17-11-19(29)18-10-15(31)6-7-24(18,2)26(17,30)21(32)12-25(16,3)27(14,23(34)37-13-28)36-22(33)20-5-4-8-35-20;25-21-6-5-7-22(26)20(21)17-32-13-12-31-11-4-2-1-3-10-27-15-24(30)18-8-9-23(29)19(14-18)16-28/h1-15,31H,16-24H2;4-8,10,14,16-17,19,21,32H,9,11-13H2,1-3H3;5-9,14,24,27-30H,1-4,10-13,15-17H2/q+1;;/t;14-,16+,17+,19+,21+,24+,25+,26+,27+;24-/m.10/s1. The van der Waals surface area contributed by atoms with Crippen LogP contribution in [-0.2, 0) is 54.0 Å². The molecule has 4 heterocycles. The van der Waals surface area contributed by atoms with E-state index in [4.69, 9.17) is 46.6 Å². The number of piperidine rings is 3. The average Bonchev–Trinajstić information content (AvgIpc) is 1.60. The minimum Gasteiger partial charge on any atom is -0.508 e. The number of thioether (sulfide) groups is 1. The number of allylic oxidation sites excluding steroid dienone is 4. The van der Waals surface area contributed by atoms with Gasteiger partial charge in [-0.1, -0.05) is 159 Å². The lowest BCUT2D eigenvalue weighted by atomic mass is 9.44. The number of ether oxygens (including phenoxy) is 4. The highest BCUT2D eigenvalue weighted by molar-refractivity contribution is 8.13. The SMILES string of the molecule is C[C@@H]1C[C@H]2[C@@H]3C[C@H](F)C4=CC(=O)C=C[C@]4(C)[C@@]3(F)[C@@H](O)C[C@]2(C)[C@@]1(OC(=O)c1ccco1)C(=O)SCF.OC(c1ccccc1)(c1ccccc1)C12CC[N+](CCOCc3ccccc3)(CC1)CC2.OCc1cc([C@@H](O)CNCCCCCCOCCOCc2c(Cl)cccc2Cl)ccc1O. The third kappa shape index (κ3) is 16.2. The number of fused-ring (bicyclic) bond motifs is 8. The van der Waals surface area contributed by atoms with Gasteiger partial charge in [0.2, 0.25) is 10.9 Å². The molecule has 7 aliphatic rings. The molecule has 1 aromatic heterocycles. The van der Waals surface area contributed by atoms with E-state index in [1.165, 1.54) is 49.1 Å². The summed E-state index contributed by atoms with van der Waals surface area (Å²) in [6.07, 6.45) is 7.81. The monoisotopic (exact) mass is 1450 g/mol. The third-order valence-electron chi connectivity index (χ3n) is 22.9. The molecule has 544 valence electrons. The molecule has 21 heteroatoms. The van der Waals surface area contributed by atoms with Crippen molar-refractivity contribution in [1.82, 2.24) is 5.32 Å². The van der Waals surface area contributed by atoms with Gasteiger partial charge in [-0.25, -0.2) is 18.0 Å². The van der Waals surface area contributed by atoms with Gasteiger partial charge >= 0.3 is 5.97 Å². The first-order valence-corrected chi connectivity index (χ1v) is 37.0. The molecule has 15 nitrogen and oxygen atoms in total. The van der Waals surface area contributed by atoms with E-state index in [0.717, 1.165) is 112 Å². The van der Waals surface area contributed by atoms with Gasteiger partial charge in [-0.05, 0) is 140 Å². The molecular formula is C80H96Cl2F3N2O13S+. The number of carbonyl (C=O) groups is 3. The number of nitrogens with one attached hydrogen (secondary N) is 1. The molecule has 6 N–H and O–H groups in total. The highest BCUT2D eigenvalue weighted by Crippen LogP contribution is 2.72. The van der Waals surface area contributed by atoms with Gasteiger partial charge in [-0.15, -0.1) is 0 Å². The van der Waals surface area contributed by atoms with Gasteiger partial charge in [0.05, 0.1) is 77.7 Å². The smallest absolute Gasteiger partial charge is 0.375 e. The number of aliphatic hydroxyl groups is 4. The zero-order valence-corrected chi connectivity index (χ0v) is 60.1. The van der Waals surface area contributed by atoms with Crippen molar-refractivity contribution in [3.05, 3.63) is 219 Å². The summed E-state index contributed by atoms with van der Waals surface area (Å²) in [7, 11) is 0. The Morgan fingerprint density at radius 2 is 1.43 bits per heavy atom. The number of rotatable bonds is 28. The predicted octanol–water partition coefficient (Wildman–Crippen LogP) is 14.7. The summed E-state index contributed by atoms with van der Waals surface area (Å²) in [5.74, 6) is -3.94. The van der Waals surface area contributed by atoms with E-state index in [2.05, 4.69) is 78.1 Å². The Kier molecular flexibility index (Phi) is 26.2. The van der Waals surface area contributed by atoms with Crippen molar-refractivity contribution in [3.8, 4) is 5.75 Å². The molecular weight excluding hydrogens is 1360 g/mol. The number of aromatic hydroxyl groups is 1. The molecule has 10 atom stereocenters. The lowest BCUT2D eigenvalue weighted by molar-refractivity contribution is -0.946. The Bertz CT molecular complexity index is 3700. The Hall–Kier alpha value is -6.17. The minimum absolute atomic E-state index is 0.00739. The minimum atomic E-state index is -2.35. The number of ketones is 1. The van der Waals surface area contributed by atoms with Crippen molar-refractivity contribution in [2.45, 2.75) is 140 Å². The number of nitrogens with zero attached hydrogens (tertiary/aromatic N) is 1. The number of esters is 1. The maximum atomic E-state index is 17.4. The van der Waals surface area contributed by atoms with Crippen LogP contribution in [0.4, 0.5) is 13.2 Å². The normalized spacial score (nSPS) is 28.1. The summed E-state index contributed by atoms with van der Waals surface area (Å²) in [6, 6.07) is 43.1. The van der Waals surface area contributed by atoms with Crippen molar-refractivity contribution >= 4 is 51.8 Å². The second kappa shape index (κ2) is 34.2. The molecule has 6 fully saturated rings. The summed E-state index contributed by atoms with van der Waals surface area (Å²) in [5.41, 5.74) is -3.06. The molecule has 101 heavy (non-hydrogen) atoms. The fourth-order valence-electron chi connectivity index (χ4n) is 17.2. The van der Waals surface area contributed by atoms with Crippen molar-refractivity contribution in [2.75, 3.05) is 71.7 Å². The topological polar surface area (TPSA) is 214 Å². The van der Waals surface area contributed by atoms with Crippen LogP contribution in [0.3, 0.4) is 0 Å². The molecule has 3 saturated carbocycles. The van der Waals surface area contributed by atoms with Crippen molar-refractivity contribution in [3.63, 3.8) is 0 Å². The van der Waals surface area contributed by atoms with Crippen LogP contribution in [0.15, 0.2) is 174 Å². The number of hydrogen-bond acceptors (Lipinski definition) is 15. The van der Waals surface area contributed by atoms with E-state index in [9.17, 15) is 44.3 Å². The number of halogens is 5. The van der Waals surface area contributed by atoms with Crippen LogP contribution in [0, 0.1) is 34.0 Å². The zero-order chi connectivity index (χ0) is 72.1. The molecule has 2 bridgehead atoms. The van der Waals surface area contributed by atoms with Gasteiger partial charge in [0.25, 0.3) is 0 Å². The van der Waals surface area contributed by atoms with Crippen molar-refractivity contribution in [1.29, 1.82) is 0 Å². The van der Waals surface area contributed by atoms with Crippen LogP contribution < -0.4 is 5.32 Å². The number of hydrogen-bond donors (Lipinski definition) is 6. The highest BCUT2D eigenvalue weighted by atomic mass is 35.5. The Labute approximate surface area is 605 Å². The van der Waals surface area contributed by atoms with Crippen molar-refractivity contribution in [2.24, 2.45) is 34.0 Å². The Morgan fingerprint density at radius 1 is 0.792 bits per heavy atom. The molecule has 0 amide bonds. The molecule has 6 aromatic rings. The van der Waals surface area contributed by atoms with Gasteiger partial charge in [-0.2, -0.15) is 0 Å². The number of unbranched alkanes of at least 4 members (excludes halogenated alkanes) is 3. The fraction of sp³-hybridized carbons (Fsp3) is 0.487. The molecule has 0 spiro atoms. The van der Waals surface area contributed by atoms with Crippen molar-refractivity contribution < 1.29 is 80.9 Å². The quantitative estimate of drug-likeness (QED) is 0.0153. The van der Waals surface area contributed by atoms with Crippen LogP contribution in [0.2, 0.25) is 10.0 Å². The average molecular weight is 1450 g/mol. The summed E-state index contributed by atoms with van der Waals surface area (Å²) in [6.45, 7) is 13.8. The number of benzene rings is 5. The molecule has 0 radical (unpaired) electrons. The van der Waals surface area contributed by atoms with E-state index < -0.39 is 86.7 Å². The van der Waals surface area contributed by atoms with Crippen LogP contribution in [0.25, 0.3) is 0 Å². The molecule has 3 aliphatic heterocycles. The highest BCUT2D eigenvalue weighted by Gasteiger charge is 2.78. The molecule has 3 saturated heterocycles. The van der Waals surface area contributed by atoms with Crippen LogP contribution >= 0.6 is 35.0 Å². The number of phenols is 1. The first-order chi connectivity index (χ1) is 48.5. The summed E-state index contributed by atoms with van der Waals surface area (Å²) >= 11 is 12.6. The van der Waals surface area contributed by atoms with Crippen LogP contribution in [-0.4, -0.2) is 142 Å². The predicted molar refractivity (Wildman–Crippen MR) is 384 cm³/mol. The van der Waals surface area contributed by atoms with E-state index >= 15 is 8.78 Å². The lowest BCUT2D eigenvalue weighted by Gasteiger charge is -2.63. The third-order valence-corrected chi connectivity index (χ3v) is 24.3. The van der Waals surface area contributed by atoms with Gasteiger partial charge in [0.15, 0.2) is 17.1 Å². The molecule has 5 aromatic carbocycles. The second-order valence-corrected chi connectivity index (χ2v) is 30.1. The fourth-order valence-corrected chi connectivity index (χ4v) is 18.5. The second-order valence-electron chi connectivity index (χ2n) is 28.4. The molecule has 13 rings (SSSR count). The number of quaternary nitrogens is 1. The van der Waals surface area contributed by atoms with E-state index in [0.29, 0.717) is 72.5 Å². The largest absolute Gasteiger partial charge is 0.508 e. The maximum absolute atomic E-state index is 17.4. The van der Waals surface area contributed by atoms with Gasteiger partial charge < -0.3 is 58.7 Å². The zero-order valence-electron chi connectivity index (χ0n) is 57.8. The summed E-state index contributed by atoms with van der Waals surface area (Å²) < 4.78 is 75.8. The van der Waals surface area contributed by atoms with Crippen LogP contribution in [0.1, 0.15) is 135 Å². The van der Waals surface area contributed by atoms with E-state index in [1.54, 1.807) is 38.1 Å².